The zero-order valence-corrected chi connectivity index (χ0v) is 13.4. The van der Waals surface area contributed by atoms with E-state index in [0.29, 0.717) is 24.7 Å². The third-order valence-corrected chi connectivity index (χ3v) is 3.81. The summed E-state index contributed by atoms with van der Waals surface area (Å²) in [6.07, 6.45) is 2.43. The van der Waals surface area contributed by atoms with E-state index in [1.165, 1.54) is 6.07 Å². The Hall–Kier alpha value is -2.77. The number of rotatable bonds is 5. The molecule has 0 saturated carbocycles. The Morgan fingerprint density at radius 3 is 2.96 bits per heavy atom. The van der Waals surface area contributed by atoms with Crippen molar-refractivity contribution in [3.8, 4) is 0 Å². The lowest BCUT2D eigenvalue weighted by Gasteiger charge is -2.18. The highest BCUT2D eigenvalue weighted by molar-refractivity contribution is 5.92. The van der Waals surface area contributed by atoms with Crippen molar-refractivity contribution in [2.45, 2.75) is 19.4 Å². The van der Waals surface area contributed by atoms with Gasteiger partial charge in [-0.2, -0.15) is 0 Å². The highest BCUT2D eigenvalue weighted by Gasteiger charge is 2.25. The first-order chi connectivity index (χ1) is 11.7. The minimum absolute atomic E-state index is 0.121. The zero-order valence-electron chi connectivity index (χ0n) is 13.4. The Morgan fingerprint density at radius 2 is 2.25 bits per heavy atom. The molecule has 1 saturated heterocycles. The van der Waals surface area contributed by atoms with E-state index in [1.807, 2.05) is 11.8 Å². The molecule has 2 N–H and O–H groups in total. The molecule has 24 heavy (non-hydrogen) atoms. The highest BCUT2D eigenvalue weighted by atomic mass is 19.1. The molecule has 1 aliphatic rings. The average Bonchev–Trinajstić information content (AvgIpc) is 3.04. The third-order valence-electron chi connectivity index (χ3n) is 3.81. The molecule has 1 amide bonds. The number of carbonyl (C=O) groups is 1. The Bertz CT molecular complexity index is 708. The fraction of sp³-hybridized carbons (Fsp3) is 0.375. The van der Waals surface area contributed by atoms with Gasteiger partial charge in [-0.05, 0) is 37.6 Å². The van der Waals surface area contributed by atoms with Crippen LogP contribution in [0.15, 0.2) is 30.5 Å². The van der Waals surface area contributed by atoms with Gasteiger partial charge in [0.1, 0.15) is 5.82 Å². The number of hydrogen-bond donors (Lipinski definition) is 2. The molecule has 2 aromatic heterocycles. The van der Waals surface area contributed by atoms with Crippen LogP contribution in [0.2, 0.25) is 0 Å². The van der Waals surface area contributed by atoms with Crippen LogP contribution in [0.4, 0.5) is 16.0 Å². The van der Waals surface area contributed by atoms with Crippen molar-refractivity contribution < 1.29 is 9.18 Å². The van der Waals surface area contributed by atoms with E-state index in [-0.39, 0.29) is 23.5 Å². The van der Waals surface area contributed by atoms with E-state index in [0.717, 1.165) is 13.0 Å². The van der Waals surface area contributed by atoms with Crippen LogP contribution in [0.3, 0.4) is 0 Å². The molecule has 1 atom stereocenters. The molecular weight excluding hydrogens is 311 g/mol. The summed E-state index contributed by atoms with van der Waals surface area (Å²) in [7, 11) is 0. The zero-order chi connectivity index (χ0) is 16.9. The molecule has 1 aliphatic heterocycles. The first kappa shape index (κ1) is 16.1. The lowest BCUT2D eigenvalue weighted by atomic mass is 10.2. The molecule has 0 radical (unpaired) electrons. The van der Waals surface area contributed by atoms with Crippen LogP contribution in [0, 0.1) is 5.82 Å². The maximum Gasteiger partial charge on any atom is 0.271 e. The van der Waals surface area contributed by atoms with Gasteiger partial charge >= 0.3 is 0 Å². The van der Waals surface area contributed by atoms with Gasteiger partial charge in [-0.3, -0.25) is 4.79 Å². The van der Waals surface area contributed by atoms with Gasteiger partial charge in [0.2, 0.25) is 0 Å². The second kappa shape index (κ2) is 7.20. The average molecular weight is 330 g/mol. The molecule has 7 nitrogen and oxygen atoms in total. The van der Waals surface area contributed by atoms with Crippen molar-refractivity contribution in [1.82, 2.24) is 20.5 Å². The van der Waals surface area contributed by atoms with Crippen molar-refractivity contribution in [1.29, 1.82) is 0 Å². The van der Waals surface area contributed by atoms with E-state index in [9.17, 15) is 9.18 Å². The second-order valence-corrected chi connectivity index (χ2v) is 5.55. The first-order valence-corrected chi connectivity index (χ1v) is 7.91. The monoisotopic (exact) mass is 330 g/mol. The predicted octanol–water partition coefficient (Wildman–Crippen LogP) is 1.45. The van der Waals surface area contributed by atoms with Crippen LogP contribution in [0.1, 0.15) is 23.8 Å². The number of nitrogens with zero attached hydrogens (tertiary/aromatic N) is 4. The smallest absolute Gasteiger partial charge is 0.271 e. The van der Waals surface area contributed by atoms with Gasteiger partial charge in [-0.15, -0.1) is 10.2 Å². The predicted molar refractivity (Wildman–Crippen MR) is 88.5 cm³/mol. The number of amides is 1. The molecule has 1 fully saturated rings. The Kier molecular flexibility index (Phi) is 4.83. The minimum Gasteiger partial charge on any atom is -0.364 e. The van der Waals surface area contributed by atoms with E-state index in [2.05, 4.69) is 25.8 Å². The van der Waals surface area contributed by atoms with Gasteiger partial charge in [0.25, 0.3) is 5.91 Å². The van der Waals surface area contributed by atoms with Crippen molar-refractivity contribution in [2.24, 2.45) is 0 Å². The quantitative estimate of drug-likeness (QED) is 0.863. The fourth-order valence-electron chi connectivity index (χ4n) is 2.67. The molecule has 8 heteroatoms. The summed E-state index contributed by atoms with van der Waals surface area (Å²) in [5.41, 5.74) is 0.283. The van der Waals surface area contributed by atoms with Gasteiger partial charge in [-0.25, -0.2) is 9.37 Å². The van der Waals surface area contributed by atoms with Gasteiger partial charge < -0.3 is 15.5 Å². The van der Waals surface area contributed by atoms with Crippen molar-refractivity contribution in [3.05, 3.63) is 42.0 Å². The van der Waals surface area contributed by atoms with Crippen molar-refractivity contribution in [2.75, 3.05) is 29.9 Å². The summed E-state index contributed by atoms with van der Waals surface area (Å²) >= 11 is 0. The number of anilines is 2. The fourth-order valence-corrected chi connectivity index (χ4v) is 2.67. The highest BCUT2D eigenvalue weighted by Crippen LogP contribution is 2.22. The van der Waals surface area contributed by atoms with E-state index in [4.69, 9.17) is 0 Å². The van der Waals surface area contributed by atoms with Crippen LogP contribution in [0.25, 0.3) is 0 Å². The van der Waals surface area contributed by atoms with Crippen LogP contribution in [-0.4, -0.2) is 46.8 Å². The number of aromatic nitrogens is 3. The van der Waals surface area contributed by atoms with Gasteiger partial charge in [0, 0.05) is 31.9 Å². The summed E-state index contributed by atoms with van der Waals surface area (Å²) in [5, 5.41) is 13.9. The van der Waals surface area contributed by atoms with Crippen molar-refractivity contribution >= 4 is 17.5 Å². The number of hydrogen-bond acceptors (Lipinski definition) is 6. The summed E-state index contributed by atoms with van der Waals surface area (Å²) in [6.45, 7) is 3.74. The Balaban J connectivity index is 1.59. The number of halogens is 1. The minimum atomic E-state index is -0.316. The van der Waals surface area contributed by atoms with Gasteiger partial charge in [0.15, 0.2) is 17.3 Å². The van der Waals surface area contributed by atoms with Gasteiger partial charge in [-0.1, -0.05) is 0 Å². The second-order valence-electron chi connectivity index (χ2n) is 5.55. The van der Waals surface area contributed by atoms with E-state index in [1.54, 1.807) is 24.4 Å². The topological polar surface area (TPSA) is 83.0 Å². The van der Waals surface area contributed by atoms with E-state index >= 15 is 0 Å². The SMILES string of the molecule is CCNC(=O)c1ccc(NC2CCN(c3ncccc3F)C2)nn1. The number of carbonyl (C=O) groups excluding carboxylic acids is 1. The lowest BCUT2D eigenvalue weighted by molar-refractivity contribution is 0.0950. The summed E-state index contributed by atoms with van der Waals surface area (Å²) < 4.78 is 13.8. The molecule has 1 unspecified atom stereocenters. The molecule has 3 rings (SSSR count). The van der Waals surface area contributed by atoms with Crippen molar-refractivity contribution in [3.63, 3.8) is 0 Å². The third kappa shape index (κ3) is 3.58. The molecule has 0 bridgehead atoms. The number of nitrogens with one attached hydrogen (secondary N) is 2. The molecule has 126 valence electrons. The summed E-state index contributed by atoms with van der Waals surface area (Å²) in [6, 6.07) is 6.47. The molecule has 0 aliphatic carbocycles. The van der Waals surface area contributed by atoms with Crippen LogP contribution < -0.4 is 15.5 Å². The Morgan fingerprint density at radius 1 is 1.38 bits per heavy atom. The van der Waals surface area contributed by atoms with Crippen LogP contribution >= 0.6 is 0 Å². The molecule has 2 aromatic rings. The normalized spacial score (nSPS) is 16.9. The summed E-state index contributed by atoms with van der Waals surface area (Å²) in [4.78, 5) is 17.7. The maximum atomic E-state index is 13.8. The standard InChI is InChI=1S/C16H19FN6O/c1-2-18-16(24)13-5-6-14(22-21-13)20-11-7-9-23(10-11)15-12(17)4-3-8-19-15/h3-6,8,11H,2,7,9-10H2,1H3,(H,18,24)(H,20,22). The molecular formula is C16H19FN6O. The maximum absolute atomic E-state index is 13.8. The van der Waals surface area contributed by atoms with Crippen LogP contribution in [-0.2, 0) is 0 Å². The van der Waals surface area contributed by atoms with Crippen LogP contribution in [0.5, 0.6) is 0 Å². The lowest BCUT2D eigenvalue weighted by Crippen LogP contribution is -2.28. The first-order valence-electron chi connectivity index (χ1n) is 7.91. The Labute approximate surface area is 139 Å². The molecule has 3 heterocycles. The van der Waals surface area contributed by atoms with Gasteiger partial charge in [0.05, 0.1) is 0 Å². The largest absolute Gasteiger partial charge is 0.364 e. The number of pyridine rings is 1. The summed E-state index contributed by atoms with van der Waals surface area (Å²) in [5.74, 6) is 0.411. The van der Waals surface area contributed by atoms with E-state index < -0.39 is 0 Å². The molecule has 0 aromatic carbocycles. The molecule has 0 spiro atoms.